The fourth-order valence-corrected chi connectivity index (χ4v) is 5.54. The van der Waals surface area contributed by atoms with Crippen molar-refractivity contribution >= 4 is 0 Å². The summed E-state index contributed by atoms with van der Waals surface area (Å²) in [5.41, 5.74) is 10.1. The van der Waals surface area contributed by atoms with Crippen LogP contribution in [0.4, 0.5) is 0 Å². The molecule has 0 aromatic rings. The standard InChI is InChI=1S/C16H19.2ClH.Zr/c1-10-7-11(2)15(8-10)16(4)9-13-5-6-14(16)12(13)3;;;/h7H,5-6,8H2,1-4H3;2*1H;/q;;;+2/p-2. The van der Waals surface area contributed by atoms with Crippen molar-refractivity contribution in [3.8, 4) is 0 Å². The average Bonchev–Trinajstić information content (AvgIpc) is 2.84. The van der Waals surface area contributed by atoms with Gasteiger partial charge in [-0.2, -0.15) is 0 Å². The second-order valence-electron chi connectivity index (χ2n) is 5.91. The van der Waals surface area contributed by atoms with Crippen LogP contribution in [0.5, 0.6) is 0 Å². The van der Waals surface area contributed by atoms with E-state index in [9.17, 15) is 0 Å². The molecule has 3 heteroatoms. The van der Waals surface area contributed by atoms with Crippen LogP contribution in [0, 0.1) is 5.41 Å². The van der Waals surface area contributed by atoms with Gasteiger partial charge in [-0.25, -0.2) is 0 Å². The molecule has 0 saturated heterocycles. The normalized spacial score (nSPS) is 28.8. The van der Waals surface area contributed by atoms with Crippen molar-refractivity contribution in [2.24, 2.45) is 5.41 Å². The minimum absolute atomic E-state index is 0. The van der Waals surface area contributed by atoms with Gasteiger partial charge in [-0.15, -0.1) is 0 Å². The van der Waals surface area contributed by atoms with Crippen molar-refractivity contribution in [2.75, 3.05) is 0 Å². The summed E-state index contributed by atoms with van der Waals surface area (Å²) < 4.78 is 1.72. The largest absolute Gasteiger partial charge is 1.00 e. The molecule has 0 nitrogen and oxygen atoms in total. The van der Waals surface area contributed by atoms with Crippen LogP contribution >= 0.6 is 0 Å². The first-order valence-electron chi connectivity index (χ1n) is 6.49. The quantitative estimate of drug-likeness (QED) is 0.530. The maximum absolute atomic E-state index is 2.48. The molecule has 0 amide bonds. The summed E-state index contributed by atoms with van der Waals surface area (Å²) in [6.07, 6.45) is 6.21. The van der Waals surface area contributed by atoms with Crippen molar-refractivity contribution < 1.29 is 49.5 Å². The number of fused-ring (bicyclic) bond motifs is 1. The van der Waals surface area contributed by atoms with E-state index in [-0.39, 0.29) is 24.8 Å². The van der Waals surface area contributed by atoms with Crippen molar-refractivity contribution in [1.82, 2.24) is 0 Å². The zero-order valence-electron chi connectivity index (χ0n) is 12.0. The Balaban J connectivity index is 0.000000902. The average molecular weight is 373 g/mol. The third kappa shape index (κ3) is 2.21. The number of allylic oxidation sites excluding steroid dienone is 8. The van der Waals surface area contributed by atoms with E-state index >= 15 is 0 Å². The van der Waals surface area contributed by atoms with Crippen LogP contribution in [0.3, 0.4) is 0 Å². The molecule has 2 bridgehead atoms. The topological polar surface area (TPSA) is 0 Å². The van der Waals surface area contributed by atoms with E-state index in [0.717, 1.165) is 0 Å². The van der Waals surface area contributed by atoms with Crippen molar-refractivity contribution in [3.63, 3.8) is 0 Å². The summed E-state index contributed by atoms with van der Waals surface area (Å²) in [5.74, 6) is 0. The molecule has 0 fully saturated rings. The molecule has 19 heavy (non-hydrogen) atoms. The summed E-state index contributed by atoms with van der Waals surface area (Å²) in [5, 5.41) is 0. The smallest absolute Gasteiger partial charge is 1.00 e. The second-order valence-corrected chi connectivity index (χ2v) is 7.14. The molecule has 3 aliphatic rings. The molecule has 0 saturated carbocycles. The van der Waals surface area contributed by atoms with Crippen LogP contribution in [0.2, 0.25) is 0 Å². The van der Waals surface area contributed by atoms with Gasteiger partial charge >= 0.3 is 120 Å². The Hall–Kier alpha value is 0.423. The van der Waals surface area contributed by atoms with Gasteiger partial charge in [0.25, 0.3) is 0 Å². The van der Waals surface area contributed by atoms with Gasteiger partial charge in [0.05, 0.1) is 0 Å². The number of hydrogen-bond donors (Lipinski definition) is 0. The third-order valence-electron chi connectivity index (χ3n) is 4.93. The van der Waals surface area contributed by atoms with Crippen LogP contribution in [-0.4, -0.2) is 0 Å². The monoisotopic (exact) mass is 371 g/mol. The molecule has 0 radical (unpaired) electrons. The summed E-state index contributed by atoms with van der Waals surface area (Å²) in [4.78, 5) is 0. The first kappa shape index (κ1) is 17.5. The van der Waals surface area contributed by atoms with Gasteiger partial charge in [-0.05, 0) is 0 Å². The first-order valence-corrected chi connectivity index (χ1v) is 7.72. The molecule has 0 N–H and O–H groups in total. The van der Waals surface area contributed by atoms with E-state index in [1.165, 1.54) is 30.4 Å². The molecular formula is C16H19Cl2Zr. The predicted molar refractivity (Wildman–Crippen MR) is 68.1 cm³/mol. The summed E-state index contributed by atoms with van der Waals surface area (Å²) in [7, 11) is 0. The molecular weight excluding hydrogens is 354 g/mol. The second kappa shape index (κ2) is 5.66. The molecule has 0 heterocycles. The van der Waals surface area contributed by atoms with Gasteiger partial charge in [0.15, 0.2) is 0 Å². The van der Waals surface area contributed by atoms with Crippen molar-refractivity contribution in [1.29, 1.82) is 0 Å². The van der Waals surface area contributed by atoms with Crippen LogP contribution in [0.15, 0.2) is 42.8 Å². The summed E-state index contributed by atoms with van der Waals surface area (Å²) in [6, 6.07) is 0. The van der Waals surface area contributed by atoms with Crippen LogP contribution in [0.1, 0.15) is 47.0 Å². The Labute approximate surface area is 144 Å². The Morgan fingerprint density at radius 1 is 1.05 bits per heavy atom. The third-order valence-corrected chi connectivity index (χ3v) is 6.90. The first-order chi connectivity index (χ1) is 7.96. The predicted octanol–water partition coefficient (Wildman–Crippen LogP) is -1.41. The molecule has 0 aliphatic heterocycles. The van der Waals surface area contributed by atoms with E-state index in [1.54, 1.807) is 50.3 Å². The summed E-state index contributed by atoms with van der Waals surface area (Å²) in [6.45, 7) is 9.39. The van der Waals surface area contributed by atoms with Gasteiger partial charge < -0.3 is 24.8 Å². The Kier molecular flexibility index (Phi) is 5.21. The number of halogens is 2. The minimum Gasteiger partial charge on any atom is -1.00 e. The van der Waals surface area contributed by atoms with Crippen LogP contribution in [-0.2, 0) is 24.7 Å². The van der Waals surface area contributed by atoms with E-state index < -0.39 is 0 Å². The molecule has 3 rings (SSSR count). The molecule has 0 aromatic heterocycles. The van der Waals surface area contributed by atoms with Crippen LogP contribution < -0.4 is 24.8 Å². The Bertz CT molecular complexity index is 549. The van der Waals surface area contributed by atoms with Gasteiger partial charge in [-0.3, -0.25) is 0 Å². The Morgan fingerprint density at radius 3 is 2.11 bits per heavy atom. The maximum atomic E-state index is 2.48. The van der Waals surface area contributed by atoms with E-state index in [0.29, 0.717) is 5.41 Å². The van der Waals surface area contributed by atoms with Crippen molar-refractivity contribution in [2.45, 2.75) is 47.0 Å². The van der Waals surface area contributed by atoms with Gasteiger partial charge in [0.1, 0.15) is 0 Å². The fourth-order valence-electron chi connectivity index (χ4n) is 4.03. The Morgan fingerprint density at radius 2 is 1.68 bits per heavy atom. The van der Waals surface area contributed by atoms with E-state index in [2.05, 4.69) is 33.8 Å². The van der Waals surface area contributed by atoms with Crippen molar-refractivity contribution in [3.05, 3.63) is 42.8 Å². The zero-order chi connectivity index (χ0) is 12.4. The zero-order valence-corrected chi connectivity index (χ0v) is 15.9. The molecule has 0 aromatic carbocycles. The van der Waals surface area contributed by atoms with E-state index in [1.807, 2.05) is 0 Å². The van der Waals surface area contributed by atoms with Gasteiger partial charge in [0.2, 0.25) is 0 Å². The van der Waals surface area contributed by atoms with E-state index in [4.69, 9.17) is 0 Å². The maximum Gasteiger partial charge on any atom is -1.00 e. The molecule has 3 aliphatic carbocycles. The minimum atomic E-state index is 0. The molecule has 1 atom stereocenters. The van der Waals surface area contributed by atoms with Gasteiger partial charge in [0, 0.05) is 0 Å². The molecule has 101 valence electrons. The number of hydrogen-bond acceptors (Lipinski definition) is 0. The van der Waals surface area contributed by atoms with Crippen LogP contribution in [0.25, 0.3) is 0 Å². The molecule has 0 spiro atoms. The SMILES string of the molecule is CC1=CC(C)=C(C2(C)[C]([Zr+2])=C3CCC2=C3C)C1.[Cl-].[Cl-]. The fraction of sp³-hybridized carbons (Fsp3) is 0.500. The summed E-state index contributed by atoms with van der Waals surface area (Å²) >= 11 is 1.62. The molecule has 1 unspecified atom stereocenters. The number of rotatable bonds is 1. The van der Waals surface area contributed by atoms with Gasteiger partial charge in [-0.1, -0.05) is 0 Å².